The number of likely N-dealkylation sites (N-methyl/N-ethyl adjacent to an activating group) is 1. The molecule has 58 valence electrons. The van der Waals surface area contributed by atoms with E-state index in [1.54, 1.807) is 7.05 Å². The van der Waals surface area contributed by atoms with Crippen LogP contribution >= 0.6 is 0 Å². The first-order chi connectivity index (χ1) is 4.74. The molecule has 0 fully saturated rings. The fourth-order valence-electron chi connectivity index (χ4n) is 0.584. The molecule has 0 rings (SSSR count). The Hall–Kier alpha value is -0.790. The third kappa shape index (κ3) is 3.28. The van der Waals surface area contributed by atoms with Gasteiger partial charge in [0.2, 0.25) is 0 Å². The number of nitrogens with zero attached hydrogens (tertiary/aromatic N) is 1. The minimum absolute atomic E-state index is 0.944. The zero-order chi connectivity index (χ0) is 7.98. The average molecular weight is 140 g/mol. The Kier molecular flexibility index (Phi) is 4.63. The second kappa shape index (κ2) is 5.03. The number of aliphatic imine (C=N–C) groups is 1. The molecule has 0 aliphatic rings. The lowest BCUT2D eigenvalue weighted by atomic mass is 10.2. The van der Waals surface area contributed by atoms with Gasteiger partial charge in [-0.05, 0) is 19.4 Å². The number of amidine groups is 1. The van der Waals surface area contributed by atoms with Gasteiger partial charge in [-0.15, -0.1) is 0 Å². The highest BCUT2D eigenvalue weighted by molar-refractivity contribution is 5.93. The highest BCUT2D eigenvalue weighted by Crippen LogP contribution is 1.96. The molecule has 0 saturated heterocycles. The van der Waals surface area contributed by atoms with E-state index in [-0.39, 0.29) is 0 Å². The van der Waals surface area contributed by atoms with Crippen molar-refractivity contribution in [2.75, 3.05) is 14.1 Å². The normalized spacial score (nSPS) is 13.6. The van der Waals surface area contributed by atoms with Crippen LogP contribution in [-0.4, -0.2) is 19.9 Å². The predicted octanol–water partition coefficient (Wildman–Crippen LogP) is 1.59. The summed E-state index contributed by atoms with van der Waals surface area (Å²) < 4.78 is 0. The molecule has 0 saturated carbocycles. The van der Waals surface area contributed by atoms with E-state index in [0.29, 0.717) is 0 Å². The van der Waals surface area contributed by atoms with E-state index in [4.69, 9.17) is 0 Å². The molecule has 0 aliphatic heterocycles. The quantitative estimate of drug-likeness (QED) is 0.457. The maximum Gasteiger partial charge on any atom is 0.120 e. The van der Waals surface area contributed by atoms with Crippen LogP contribution in [0.4, 0.5) is 0 Å². The summed E-state index contributed by atoms with van der Waals surface area (Å²) in [5, 5.41) is 2.99. The lowest BCUT2D eigenvalue weighted by molar-refractivity contribution is 1.09. The fraction of sp³-hybridized carbons (Fsp3) is 0.625. The minimum atomic E-state index is 0.944. The molecule has 2 nitrogen and oxygen atoms in total. The van der Waals surface area contributed by atoms with Crippen molar-refractivity contribution in [3.05, 3.63) is 11.6 Å². The molecular weight excluding hydrogens is 124 g/mol. The smallest absolute Gasteiger partial charge is 0.120 e. The van der Waals surface area contributed by atoms with Crippen LogP contribution in [0.3, 0.4) is 0 Å². The standard InChI is InChI=1S/C8H16N2/c1-5-7(2)6-8(9-3)10-4/h6H,5H2,1-4H3,(H,9,10)/b7-6-. The van der Waals surface area contributed by atoms with Gasteiger partial charge in [-0.25, -0.2) is 0 Å². The van der Waals surface area contributed by atoms with Crippen LogP contribution in [-0.2, 0) is 0 Å². The van der Waals surface area contributed by atoms with Gasteiger partial charge in [0.15, 0.2) is 0 Å². The second-order valence-electron chi connectivity index (χ2n) is 2.20. The molecule has 1 N–H and O–H groups in total. The number of allylic oxidation sites excluding steroid dienone is 1. The molecule has 0 bridgehead atoms. The molecule has 0 aromatic heterocycles. The summed E-state index contributed by atoms with van der Waals surface area (Å²) in [4.78, 5) is 4.02. The maximum atomic E-state index is 4.02. The lowest BCUT2D eigenvalue weighted by Crippen LogP contribution is -2.15. The van der Waals surface area contributed by atoms with Gasteiger partial charge in [0, 0.05) is 14.1 Å². The van der Waals surface area contributed by atoms with Crippen molar-refractivity contribution >= 4 is 5.84 Å². The van der Waals surface area contributed by atoms with Crippen LogP contribution in [0.1, 0.15) is 20.3 Å². The summed E-state index contributed by atoms with van der Waals surface area (Å²) in [5.74, 6) is 0.944. The number of nitrogens with one attached hydrogen (secondary N) is 1. The van der Waals surface area contributed by atoms with E-state index in [1.807, 2.05) is 7.05 Å². The number of hydrogen-bond donors (Lipinski definition) is 1. The summed E-state index contributed by atoms with van der Waals surface area (Å²) in [6.07, 6.45) is 3.14. The Morgan fingerprint density at radius 2 is 2.20 bits per heavy atom. The predicted molar refractivity (Wildman–Crippen MR) is 46.5 cm³/mol. The van der Waals surface area contributed by atoms with Crippen molar-refractivity contribution in [2.24, 2.45) is 4.99 Å². The summed E-state index contributed by atoms with van der Waals surface area (Å²) in [6, 6.07) is 0. The largest absolute Gasteiger partial charge is 0.373 e. The minimum Gasteiger partial charge on any atom is -0.373 e. The summed E-state index contributed by atoms with van der Waals surface area (Å²) in [5.41, 5.74) is 1.34. The summed E-state index contributed by atoms with van der Waals surface area (Å²) in [7, 11) is 3.66. The number of hydrogen-bond acceptors (Lipinski definition) is 1. The third-order valence-electron chi connectivity index (χ3n) is 1.44. The van der Waals surface area contributed by atoms with Gasteiger partial charge in [0.05, 0.1) is 0 Å². The van der Waals surface area contributed by atoms with Crippen LogP contribution in [0, 0.1) is 0 Å². The SMILES string of the molecule is CC/C(C)=C\C(=NC)NC. The van der Waals surface area contributed by atoms with Crippen molar-refractivity contribution in [3.8, 4) is 0 Å². The van der Waals surface area contributed by atoms with Crippen molar-refractivity contribution in [1.82, 2.24) is 5.32 Å². The van der Waals surface area contributed by atoms with Crippen LogP contribution in [0.2, 0.25) is 0 Å². The Bertz CT molecular complexity index is 145. The lowest BCUT2D eigenvalue weighted by Gasteiger charge is -1.99. The first-order valence-electron chi connectivity index (χ1n) is 3.56. The average Bonchev–Trinajstić information content (AvgIpc) is 1.99. The molecule has 0 radical (unpaired) electrons. The van der Waals surface area contributed by atoms with Gasteiger partial charge in [0.1, 0.15) is 5.84 Å². The Morgan fingerprint density at radius 1 is 1.60 bits per heavy atom. The highest BCUT2D eigenvalue weighted by Gasteiger charge is 1.88. The first-order valence-corrected chi connectivity index (χ1v) is 3.56. The first kappa shape index (κ1) is 9.21. The molecule has 0 aromatic rings. The van der Waals surface area contributed by atoms with Gasteiger partial charge >= 0.3 is 0 Å². The number of rotatable bonds is 2. The van der Waals surface area contributed by atoms with Crippen LogP contribution in [0.5, 0.6) is 0 Å². The second-order valence-corrected chi connectivity index (χ2v) is 2.20. The van der Waals surface area contributed by atoms with Crippen molar-refractivity contribution in [1.29, 1.82) is 0 Å². The zero-order valence-electron chi connectivity index (χ0n) is 7.23. The van der Waals surface area contributed by atoms with E-state index in [1.165, 1.54) is 5.57 Å². The van der Waals surface area contributed by atoms with Crippen LogP contribution in [0.25, 0.3) is 0 Å². The monoisotopic (exact) mass is 140 g/mol. The Balaban J connectivity index is 4.08. The molecule has 0 heterocycles. The van der Waals surface area contributed by atoms with Gasteiger partial charge < -0.3 is 5.32 Å². The van der Waals surface area contributed by atoms with E-state index in [2.05, 4.69) is 30.2 Å². The topological polar surface area (TPSA) is 24.4 Å². The molecule has 0 amide bonds. The Labute approximate surface area is 63.0 Å². The van der Waals surface area contributed by atoms with Gasteiger partial charge in [0.25, 0.3) is 0 Å². The van der Waals surface area contributed by atoms with Gasteiger partial charge in [-0.1, -0.05) is 12.5 Å². The molecule has 0 unspecified atom stereocenters. The van der Waals surface area contributed by atoms with Crippen molar-refractivity contribution in [2.45, 2.75) is 20.3 Å². The molecule has 0 atom stereocenters. The van der Waals surface area contributed by atoms with Crippen molar-refractivity contribution < 1.29 is 0 Å². The van der Waals surface area contributed by atoms with Crippen LogP contribution in [0.15, 0.2) is 16.6 Å². The molecule has 0 aliphatic carbocycles. The molecule has 0 aromatic carbocycles. The molecule has 2 heteroatoms. The van der Waals surface area contributed by atoms with Gasteiger partial charge in [-0.2, -0.15) is 0 Å². The molecule has 10 heavy (non-hydrogen) atoms. The van der Waals surface area contributed by atoms with E-state index in [9.17, 15) is 0 Å². The fourth-order valence-corrected chi connectivity index (χ4v) is 0.584. The zero-order valence-corrected chi connectivity index (χ0v) is 7.23. The third-order valence-corrected chi connectivity index (χ3v) is 1.44. The van der Waals surface area contributed by atoms with Gasteiger partial charge in [-0.3, -0.25) is 4.99 Å². The summed E-state index contributed by atoms with van der Waals surface area (Å²) >= 11 is 0. The van der Waals surface area contributed by atoms with E-state index in [0.717, 1.165) is 12.3 Å². The van der Waals surface area contributed by atoms with E-state index < -0.39 is 0 Å². The highest BCUT2D eigenvalue weighted by atomic mass is 14.9. The molecular formula is C8H16N2. The maximum absolute atomic E-state index is 4.02. The van der Waals surface area contributed by atoms with E-state index >= 15 is 0 Å². The van der Waals surface area contributed by atoms with Crippen LogP contribution < -0.4 is 5.32 Å². The van der Waals surface area contributed by atoms with Crippen molar-refractivity contribution in [3.63, 3.8) is 0 Å². The molecule has 0 spiro atoms. The summed E-state index contributed by atoms with van der Waals surface area (Å²) in [6.45, 7) is 4.23. The Morgan fingerprint density at radius 3 is 2.50 bits per heavy atom.